The van der Waals surface area contributed by atoms with Gasteiger partial charge < -0.3 is 10.5 Å². The van der Waals surface area contributed by atoms with Crippen LogP contribution in [-0.4, -0.2) is 6.10 Å². The van der Waals surface area contributed by atoms with Crippen molar-refractivity contribution in [1.29, 1.82) is 0 Å². The average molecular weight is 251 g/mol. The Kier molecular flexibility index (Phi) is 4.23. The fraction of sp³-hybridized carbons (Fsp3) is 0.600. The Balaban J connectivity index is 2.22. The van der Waals surface area contributed by atoms with Gasteiger partial charge in [-0.05, 0) is 38.2 Å². The molecule has 0 amide bonds. The number of para-hydroxylation sites is 1. The van der Waals surface area contributed by atoms with Crippen LogP contribution in [0.4, 0.5) is 4.39 Å². The van der Waals surface area contributed by atoms with Crippen LogP contribution in [0.15, 0.2) is 18.2 Å². The molecule has 1 saturated carbocycles. The lowest BCUT2D eigenvalue weighted by Gasteiger charge is -2.30. The van der Waals surface area contributed by atoms with Crippen molar-refractivity contribution in [3.8, 4) is 5.75 Å². The fourth-order valence-electron chi connectivity index (χ4n) is 2.62. The third kappa shape index (κ3) is 2.83. The van der Waals surface area contributed by atoms with E-state index < -0.39 is 0 Å². The summed E-state index contributed by atoms with van der Waals surface area (Å²) in [6, 6.07) is 4.76. The highest BCUT2D eigenvalue weighted by Gasteiger charge is 2.25. The summed E-state index contributed by atoms with van der Waals surface area (Å²) >= 11 is 0. The Labute approximate surface area is 108 Å². The lowest BCUT2D eigenvalue weighted by atomic mass is 9.88. The van der Waals surface area contributed by atoms with Gasteiger partial charge in [0, 0.05) is 11.6 Å². The van der Waals surface area contributed by atoms with E-state index in [1.807, 2.05) is 13.0 Å². The number of benzene rings is 1. The highest BCUT2D eigenvalue weighted by Crippen LogP contribution is 2.33. The van der Waals surface area contributed by atoms with Gasteiger partial charge in [-0.15, -0.1) is 0 Å². The predicted octanol–water partition coefficient (Wildman–Crippen LogP) is 3.80. The lowest BCUT2D eigenvalue weighted by Crippen LogP contribution is -2.29. The van der Waals surface area contributed by atoms with Crippen molar-refractivity contribution >= 4 is 0 Å². The first-order chi connectivity index (χ1) is 8.59. The summed E-state index contributed by atoms with van der Waals surface area (Å²) in [5, 5.41) is 0. The molecule has 0 saturated heterocycles. The summed E-state index contributed by atoms with van der Waals surface area (Å²) in [4.78, 5) is 0. The SMILES string of the molecule is CC1CCCCC1Oc1c(F)cccc1[C@@H](C)N. The maximum absolute atomic E-state index is 13.9. The molecule has 100 valence electrons. The minimum absolute atomic E-state index is 0.119. The van der Waals surface area contributed by atoms with E-state index in [2.05, 4.69) is 6.92 Å². The Morgan fingerprint density at radius 3 is 2.72 bits per heavy atom. The van der Waals surface area contributed by atoms with Crippen molar-refractivity contribution in [3.05, 3.63) is 29.6 Å². The van der Waals surface area contributed by atoms with Crippen molar-refractivity contribution in [1.82, 2.24) is 0 Å². The molecule has 1 aliphatic carbocycles. The van der Waals surface area contributed by atoms with Crippen LogP contribution in [0, 0.1) is 11.7 Å². The van der Waals surface area contributed by atoms with Crippen LogP contribution in [0.25, 0.3) is 0 Å². The van der Waals surface area contributed by atoms with Crippen molar-refractivity contribution in [2.75, 3.05) is 0 Å². The number of nitrogens with two attached hydrogens (primary N) is 1. The number of hydrogen-bond donors (Lipinski definition) is 1. The first-order valence-corrected chi connectivity index (χ1v) is 6.80. The van der Waals surface area contributed by atoms with E-state index in [9.17, 15) is 4.39 Å². The largest absolute Gasteiger partial charge is 0.487 e. The van der Waals surface area contributed by atoms with E-state index in [0.717, 1.165) is 24.8 Å². The minimum atomic E-state index is -0.303. The first-order valence-electron chi connectivity index (χ1n) is 6.80. The Bertz CT molecular complexity index is 405. The van der Waals surface area contributed by atoms with Crippen LogP contribution in [0.5, 0.6) is 5.75 Å². The van der Waals surface area contributed by atoms with Gasteiger partial charge in [-0.2, -0.15) is 0 Å². The van der Waals surface area contributed by atoms with Gasteiger partial charge in [0.1, 0.15) is 6.10 Å². The van der Waals surface area contributed by atoms with Crippen LogP contribution in [0.1, 0.15) is 51.1 Å². The molecule has 0 aromatic heterocycles. The molecule has 0 spiro atoms. The molecule has 0 bridgehead atoms. The van der Waals surface area contributed by atoms with Crippen molar-refractivity contribution in [3.63, 3.8) is 0 Å². The molecule has 1 fully saturated rings. The van der Waals surface area contributed by atoms with Crippen molar-refractivity contribution < 1.29 is 9.13 Å². The molecular weight excluding hydrogens is 229 g/mol. The summed E-state index contributed by atoms with van der Waals surface area (Å²) in [6.45, 7) is 4.03. The summed E-state index contributed by atoms with van der Waals surface area (Å²) in [5.41, 5.74) is 6.63. The van der Waals surface area contributed by atoms with Gasteiger partial charge in [0.25, 0.3) is 0 Å². The zero-order valence-corrected chi connectivity index (χ0v) is 11.2. The molecule has 1 aliphatic rings. The summed E-state index contributed by atoms with van der Waals surface area (Å²) < 4.78 is 19.8. The topological polar surface area (TPSA) is 35.2 Å². The summed E-state index contributed by atoms with van der Waals surface area (Å²) in [5.74, 6) is 0.535. The van der Waals surface area contributed by atoms with E-state index in [4.69, 9.17) is 10.5 Å². The van der Waals surface area contributed by atoms with Gasteiger partial charge in [0.05, 0.1) is 0 Å². The van der Waals surface area contributed by atoms with E-state index >= 15 is 0 Å². The summed E-state index contributed by atoms with van der Waals surface area (Å²) in [7, 11) is 0. The molecule has 1 aromatic carbocycles. The lowest BCUT2D eigenvalue weighted by molar-refractivity contribution is 0.0965. The zero-order valence-electron chi connectivity index (χ0n) is 11.2. The molecule has 1 aromatic rings. The number of ether oxygens (including phenoxy) is 1. The molecule has 3 atom stereocenters. The van der Waals surface area contributed by atoms with Gasteiger partial charge in [-0.25, -0.2) is 4.39 Å². The van der Waals surface area contributed by atoms with E-state index in [1.54, 1.807) is 6.07 Å². The number of halogens is 1. The zero-order chi connectivity index (χ0) is 13.1. The Morgan fingerprint density at radius 1 is 1.33 bits per heavy atom. The number of rotatable bonds is 3. The second kappa shape index (κ2) is 5.70. The van der Waals surface area contributed by atoms with Crippen molar-refractivity contribution in [2.24, 2.45) is 11.7 Å². The Hall–Kier alpha value is -1.09. The van der Waals surface area contributed by atoms with Gasteiger partial charge in [0.2, 0.25) is 0 Å². The maximum Gasteiger partial charge on any atom is 0.165 e. The molecule has 2 rings (SSSR count). The standard InChI is InChI=1S/C15H22FNO/c1-10-6-3-4-9-14(10)18-15-12(11(2)17)7-5-8-13(15)16/h5,7-8,10-11,14H,3-4,6,9,17H2,1-2H3/t10?,11-,14?/m1/s1. The molecular formula is C15H22FNO. The first kappa shape index (κ1) is 13.3. The van der Waals surface area contributed by atoms with Gasteiger partial charge >= 0.3 is 0 Å². The second-order valence-corrected chi connectivity index (χ2v) is 5.36. The fourth-order valence-corrected chi connectivity index (χ4v) is 2.62. The predicted molar refractivity (Wildman–Crippen MR) is 71.1 cm³/mol. The van der Waals surface area contributed by atoms with Crippen LogP contribution in [0.3, 0.4) is 0 Å². The van der Waals surface area contributed by atoms with E-state index in [-0.39, 0.29) is 18.0 Å². The number of hydrogen-bond acceptors (Lipinski definition) is 2. The molecule has 2 unspecified atom stereocenters. The Morgan fingerprint density at radius 2 is 2.06 bits per heavy atom. The molecule has 3 heteroatoms. The highest BCUT2D eigenvalue weighted by atomic mass is 19.1. The third-order valence-electron chi connectivity index (χ3n) is 3.79. The molecule has 0 radical (unpaired) electrons. The smallest absolute Gasteiger partial charge is 0.165 e. The van der Waals surface area contributed by atoms with Gasteiger partial charge in [-0.1, -0.05) is 25.5 Å². The van der Waals surface area contributed by atoms with Gasteiger partial charge in [0.15, 0.2) is 11.6 Å². The van der Waals surface area contributed by atoms with Crippen molar-refractivity contribution in [2.45, 2.75) is 51.7 Å². The van der Waals surface area contributed by atoms with Gasteiger partial charge in [-0.3, -0.25) is 0 Å². The molecule has 2 nitrogen and oxygen atoms in total. The minimum Gasteiger partial charge on any atom is -0.487 e. The van der Waals surface area contributed by atoms with Crippen LogP contribution in [0.2, 0.25) is 0 Å². The molecule has 0 aliphatic heterocycles. The van der Waals surface area contributed by atoms with E-state index in [0.29, 0.717) is 11.7 Å². The van der Waals surface area contributed by atoms with Crippen LogP contribution >= 0.6 is 0 Å². The van der Waals surface area contributed by atoms with E-state index in [1.165, 1.54) is 12.5 Å². The third-order valence-corrected chi connectivity index (χ3v) is 3.79. The van der Waals surface area contributed by atoms with Crippen LogP contribution < -0.4 is 10.5 Å². The average Bonchev–Trinajstić information content (AvgIpc) is 2.34. The normalized spacial score (nSPS) is 25.8. The molecule has 18 heavy (non-hydrogen) atoms. The van der Waals surface area contributed by atoms with Crippen LogP contribution in [-0.2, 0) is 0 Å². The quantitative estimate of drug-likeness (QED) is 0.886. The molecule has 2 N–H and O–H groups in total. The second-order valence-electron chi connectivity index (χ2n) is 5.36. The summed E-state index contributed by atoms with van der Waals surface area (Å²) in [6.07, 6.45) is 4.70. The molecule has 0 heterocycles. The highest BCUT2D eigenvalue weighted by molar-refractivity contribution is 5.37. The monoisotopic (exact) mass is 251 g/mol. The maximum atomic E-state index is 13.9.